The summed E-state index contributed by atoms with van der Waals surface area (Å²) >= 11 is 0. The molecule has 0 fully saturated rings. The molecule has 1 aliphatic carbocycles. The van der Waals surface area contributed by atoms with Crippen molar-refractivity contribution in [3.05, 3.63) is 47.5 Å². The van der Waals surface area contributed by atoms with Gasteiger partial charge in [-0.25, -0.2) is 0 Å². The van der Waals surface area contributed by atoms with E-state index in [1.807, 2.05) is 42.2 Å². The van der Waals surface area contributed by atoms with E-state index in [9.17, 15) is 9.59 Å². The Morgan fingerprint density at radius 1 is 1.22 bits per heavy atom. The molecule has 2 rings (SSSR count). The van der Waals surface area contributed by atoms with Crippen LogP contribution in [-0.2, 0) is 20.9 Å². The predicted molar refractivity (Wildman–Crippen MR) is 107 cm³/mol. The number of carbonyl (C=O) groups excluding carboxylic acids is 2. The summed E-state index contributed by atoms with van der Waals surface area (Å²) in [4.78, 5) is 26.2. The molecule has 27 heavy (non-hydrogen) atoms. The van der Waals surface area contributed by atoms with E-state index in [-0.39, 0.29) is 24.3 Å². The van der Waals surface area contributed by atoms with E-state index in [1.165, 1.54) is 31.9 Å². The molecule has 0 saturated carbocycles. The number of allylic oxidation sites excluding steroid dienone is 1. The Morgan fingerprint density at radius 2 is 2.00 bits per heavy atom. The number of ether oxygens (including phenoxy) is 1. The van der Waals surface area contributed by atoms with Gasteiger partial charge in [-0.15, -0.1) is 0 Å². The highest BCUT2D eigenvalue weighted by Crippen LogP contribution is 2.19. The number of rotatable bonds is 10. The van der Waals surface area contributed by atoms with Gasteiger partial charge in [0.05, 0.1) is 19.6 Å². The molecular weight excluding hydrogens is 340 g/mol. The van der Waals surface area contributed by atoms with E-state index in [2.05, 4.69) is 11.4 Å². The smallest absolute Gasteiger partial charge is 0.309 e. The highest BCUT2D eigenvalue weighted by molar-refractivity contribution is 5.78. The Hall–Kier alpha value is -2.14. The maximum atomic E-state index is 12.4. The summed E-state index contributed by atoms with van der Waals surface area (Å²) < 4.78 is 4.83. The first-order valence-electron chi connectivity index (χ1n) is 9.87. The molecular formula is C22H32N2O3. The first kappa shape index (κ1) is 21.2. The topological polar surface area (TPSA) is 58.6 Å². The molecule has 0 bridgehead atoms. The lowest BCUT2D eigenvalue weighted by Crippen LogP contribution is -2.40. The van der Waals surface area contributed by atoms with Crippen LogP contribution in [0.15, 0.2) is 42.0 Å². The molecule has 5 nitrogen and oxygen atoms in total. The largest absolute Gasteiger partial charge is 0.469 e. The van der Waals surface area contributed by atoms with Crippen LogP contribution in [0.1, 0.15) is 44.6 Å². The molecule has 1 amide bonds. The quantitative estimate of drug-likeness (QED) is 0.506. The molecule has 1 atom stereocenters. The molecule has 0 saturated heterocycles. The number of nitrogens with zero attached hydrogens (tertiary/aromatic N) is 1. The van der Waals surface area contributed by atoms with Gasteiger partial charge in [-0.3, -0.25) is 14.5 Å². The minimum absolute atomic E-state index is 0.000550. The molecule has 1 N–H and O–H groups in total. The average molecular weight is 373 g/mol. The number of esters is 1. The second-order valence-electron chi connectivity index (χ2n) is 7.29. The molecule has 0 radical (unpaired) electrons. The number of benzene rings is 1. The molecule has 1 unspecified atom stereocenters. The van der Waals surface area contributed by atoms with Gasteiger partial charge in [-0.2, -0.15) is 0 Å². The SMILES string of the molecule is COC(=O)C(C)CN(CC(=O)NCCC1=CCCCC1)Cc1ccccc1. The van der Waals surface area contributed by atoms with E-state index in [4.69, 9.17) is 4.74 Å². The third-order valence-corrected chi connectivity index (χ3v) is 4.91. The van der Waals surface area contributed by atoms with Crippen LogP contribution < -0.4 is 5.32 Å². The van der Waals surface area contributed by atoms with Gasteiger partial charge < -0.3 is 10.1 Å². The van der Waals surface area contributed by atoms with Crippen LogP contribution >= 0.6 is 0 Å². The summed E-state index contributed by atoms with van der Waals surface area (Å²) in [5, 5.41) is 3.03. The van der Waals surface area contributed by atoms with Gasteiger partial charge in [-0.1, -0.05) is 48.9 Å². The third-order valence-electron chi connectivity index (χ3n) is 4.91. The number of hydrogen-bond acceptors (Lipinski definition) is 4. The molecule has 148 valence electrons. The summed E-state index contributed by atoms with van der Waals surface area (Å²) in [7, 11) is 1.40. The second-order valence-corrected chi connectivity index (χ2v) is 7.29. The van der Waals surface area contributed by atoms with Crippen molar-refractivity contribution in [2.75, 3.05) is 26.7 Å². The Kier molecular flexibility index (Phi) is 9.05. The minimum atomic E-state index is -0.279. The zero-order chi connectivity index (χ0) is 19.5. The zero-order valence-corrected chi connectivity index (χ0v) is 16.6. The monoisotopic (exact) mass is 372 g/mol. The van der Waals surface area contributed by atoms with Gasteiger partial charge in [0.25, 0.3) is 0 Å². The summed E-state index contributed by atoms with van der Waals surface area (Å²) in [6.45, 7) is 3.89. The van der Waals surface area contributed by atoms with Crippen molar-refractivity contribution in [1.29, 1.82) is 0 Å². The Morgan fingerprint density at radius 3 is 2.67 bits per heavy atom. The highest BCUT2D eigenvalue weighted by atomic mass is 16.5. The van der Waals surface area contributed by atoms with Gasteiger partial charge in [-0.05, 0) is 37.7 Å². The second kappa shape index (κ2) is 11.5. The molecule has 1 aromatic carbocycles. The summed E-state index contributed by atoms with van der Waals surface area (Å²) in [5.41, 5.74) is 2.58. The molecule has 0 aromatic heterocycles. The molecule has 0 spiro atoms. The summed E-state index contributed by atoms with van der Waals surface area (Å²) in [6.07, 6.45) is 8.11. The van der Waals surface area contributed by atoms with Crippen LogP contribution in [0.3, 0.4) is 0 Å². The Bertz CT molecular complexity index is 628. The van der Waals surface area contributed by atoms with Gasteiger partial charge >= 0.3 is 5.97 Å². The van der Waals surface area contributed by atoms with E-state index >= 15 is 0 Å². The summed E-state index contributed by atoms with van der Waals surface area (Å²) in [5.74, 6) is -0.531. The molecule has 1 aliphatic rings. The normalized spacial score (nSPS) is 15.1. The number of carbonyl (C=O) groups is 2. The first-order valence-corrected chi connectivity index (χ1v) is 9.87. The van der Waals surface area contributed by atoms with Crippen molar-refractivity contribution in [3.8, 4) is 0 Å². The van der Waals surface area contributed by atoms with Crippen LogP contribution in [0.2, 0.25) is 0 Å². The first-order chi connectivity index (χ1) is 13.1. The Labute approximate surface area is 162 Å². The van der Waals surface area contributed by atoms with Crippen molar-refractivity contribution in [2.24, 2.45) is 5.92 Å². The average Bonchev–Trinajstić information content (AvgIpc) is 2.68. The molecule has 0 aliphatic heterocycles. The molecule has 0 heterocycles. The number of methoxy groups -OCH3 is 1. The highest BCUT2D eigenvalue weighted by Gasteiger charge is 2.20. The van der Waals surface area contributed by atoms with E-state index in [0.717, 1.165) is 18.4 Å². The zero-order valence-electron chi connectivity index (χ0n) is 16.6. The lowest BCUT2D eigenvalue weighted by atomic mass is 9.97. The number of amides is 1. The lowest BCUT2D eigenvalue weighted by Gasteiger charge is -2.24. The maximum absolute atomic E-state index is 12.4. The van der Waals surface area contributed by atoms with E-state index < -0.39 is 0 Å². The minimum Gasteiger partial charge on any atom is -0.469 e. The van der Waals surface area contributed by atoms with Crippen LogP contribution in [0, 0.1) is 5.92 Å². The fourth-order valence-electron chi connectivity index (χ4n) is 3.44. The van der Waals surface area contributed by atoms with E-state index in [0.29, 0.717) is 19.6 Å². The Balaban J connectivity index is 1.86. The van der Waals surface area contributed by atoms with Crippen molar-refractivity contribution in [2.45, 2.75) is 45.6 Å². The standard InChI is InChI=1S/C22H32N2O3/c1-18(22(26)27-2)15-24(16-20-11-7-4-8-12-20)17-21(25)23-14-13-19-9-5-3-6-10-19/h4,7-9,11-12,18H,3,5-6,10,13-17H2,1-2H3,(H,23,25). The van der Waals surface area contributed by atoms with Crippen molar-refractivity contribution < 1.29 is 14.3 Å². The maximum Gasteiger partial charge on any atom is 0.309 e. The summed E-state index contributed by atoms with van der Waals surface area (Å²) in [6, 6.07) is 9.99. The van der Waals surface area contributed by atoms with Crippen molar-refractivity contribution >= 4 is 11.9 Å². The van der Waals surface area contributed by atoms with Crippen LogP contribution in [0.4, 0.5) is 0 Å². The van der Waals surface area contributed by atoms with Gasteiger partial charge in [0, 0.05) is 19.6 Å². The van der Waals surface area contributed by atoms with E-state index in [1.54, 1.807) is 0 Å². The molecule has 5 heteroatoms. The third kappa shape index (κ3) is 7.95. The lowest BCUT2D eigenvalue weighted by molar-refractivity contribution is -0.145. The fourth-order valence-corrected chi connectivity index (χ4v) is 3.44. The fraction of sp³-hybridized carbons (Fsp3) is 0.545. The van der Waals surface area contributed by atoms with Gasteiger partial charge in [0.2, 0.25) is 5.91 Å². The number of nitrogens with one attached hydrogen (secondary N) is 1. The van der Waals surface area contributed by atoms with Crippen molar-refractivity contribution in [1.82, 2.24) is 10.2 Å². The van der Waals surface area contributed by atoms with Gasteiger partial charge in [0.1, 0.15) is 0 Å². The van der Waals surface area contributed by atoms with Crippen LogP contribution in [-0.4, -0.2) is 43.5 Å². The number of hydrogen-bond donors (Lipinski definition) is 1. The van der Waals surface area contributed by atoms with Gasteiger partial charge in [0.15, 0.2) is 0 Å². The van der Waals surface area contributed by atoms with Crippen LogP contribution in [0.25, 0.3) is 0 Å². The van der Waals surface area contributed by atoms with Crippen molar-refractivity contribution in [3.63, 3.8) is 0 Å². The predicted octanol–water partition coefficient (Wildman–Crippen LogP) is 3.30. The van der Waals surface area contributed by atoms with Crippen LogP contribution in [0.5, 0.6) is 0 Å². The molecule has 1 aromatic rings.